The highest BCUT2D eigenvalue weighted by atomic mass is 35.5. The second-order valence-electron chi connectivity index (χ2n) is 5.95. The molecule has 21 heavy (non-hydrogen) atoms. The van der Waals surface area contributed by atoms with Gasteiger partial charge in [-0.15, -0.1) is 0 Å². The van der Waals surface area contributed by atoms with E-state index >= 15 is 0 Å². The van der Waals surface area contributed by atoms with Crippen molar-refractivity contribution in [3.8, 4) is 0 Å². The van der Waals surface area contributed by atoms with Crippen LogP contribution in [0.1, 0.15) is 13.8 Å². The number of anilines is 2. The van der Waals surface area contributed by atoms with Crippen LogP contribution in [-0.4, -0.2) is 60.4 Å². The highest BCUT2D eigenvalue weighted by Crippen LogP contribution is 2.31. The minimum absolute atomic E-state index is 0.520. The van der Waals surface area contributed by atoms with Crippen molar-refractivity contribution in [1.82, 2.24) is 9.88 Å². The number of β-amino-alcohol motifs (C(OH)–C–C–N with tert-alkyl or cyclic N) is 1. The van der Waals surface area contributed by atoms with Crippen LogP contribution >= 0.6 is 23.2 Å². The Kier molecular flexibility index (Phi) is 5.20. The molecule has 118 valence electrons. The first-order valence-electron chi connectivity index (χ1n) is 7.03. The van der Waals surface area contributed by atoms with Gasteiger partial charge in [-0.2, -0.15) is 0 Å². The highest BCUT2D eigenvalue weighted by molar-refractivity contribution is 6.37. The molecule has 0 aromatic carbocycles. The first-order chi connectivity index (χ1) is 9.80. The van der Waals surface area contributed by atoms with Gasteiger partial charge in [0.15, 0.2) is 0 Å². The summed E-state index contributed by atoms with van der Waals surface area (Å²) in [5.74, 6) is 1.39. The molecule has 1 saturated heterocycles. The van der Waals surface area contributed by atoms with E-state index < -0.39 is 5.60 Å². The molecule has 0 bridgehead atoms. The van der Waals surface area contributed by atoms with Crippen LogP contribution in [0.15, 0.2) is 6.07 Å². The summed E-state index contributed by atoms with van der Waals surface area (Å²) in [5, 5.41) is 13.9. The zero-order valence-electron chi connectivity index (χ0n) is 12.7. The van der Waals surface area contributed by atoms with Gasteiger partial charge >= 0.3 is 0 Å². The second kappa shape index (κ2) is 6.57. The molecule has 0 amide bonds. The predicted octanol–water partition coefficient (Wildman–Crippen LogP) is 2.32. The summed E-state index contributed by atoms with van der Waals surface area (Å²) in [4.78, 5) is 8.90. The van der Waals surface area contributed by atoms with E-state index in [-0.39, 0.29) is 0 Å². The number of aliphatic hydroxyl groups is 1. The molecule has 1 aromatic rings. The second-order valence-corrected chi connectivity index (χ2v) is 6.76. The van der Waals surface area contributed by atoms with Crippen molar-refractivity contribution in [3.63, 3.8) is 0 Å². The highest BCUT2D eigenvalue weighted by Gasteiger charge is 2.24. The lowest BCUT2D eigenvalue weighted by atomic mass is 10.1. The minimum Gasteiger partial charge on any atom is -0.389 e. The van der Waals surface area contributed by atoms with E-state index in [1.165, 1.54) is 0 Å². The Hall–Kier alpha value is -0.750. The molecule has 1 aliphatic heterocycles. The van der Waals surface area contributed by atoms with Crippen molar-refractivity contribution < 1.29 is 5.11 Å². The first-order valence-corrected chi connectivity index (χ1v) is 7.79. The van der Waals surface area contributed by atoms with Crippen LogP contribution in [-0.2, 0) is 0 Å². The third-order valence-electron chi connectivity index (χ3n) is 3.43. The lowest BCUT2D eigenvalue weighted by Gasteiger charge is -2.38. The van der Waals surface area contributed by atoms with Gasteiger partial charge < -0.3 is 15.3 Å². The molecule has 5 nitrogen and oxygen atoms in total. The molecule has 1 aromatic heterocycles. The molecule has 0 saturated carbocycles. The van der Waals surface area contributed by atoms with Crippen LogP contribution in [0.2, 0.25) is 10.0 Å². The topological polar surface area (TPSA) is 51.6 Å². The van der Waals surface area contributed by atoms with Crippen molar-refractivity contribution in [2.24, 2.45) is 0 Å². The number of nitrogens with zero attached hydrogens (tertiary/aromatic N) is 3. The molecule has 2 heterocycles. The zero-order chi connectivity index (χ0) is 15.6. The van der Waals surface area contributed by atoms with Gasteiger partial charge in [-0.05, 0) is 19.9 Å². The number of hydrogen-bond acceptors (Lipinski definition) is 5. The average Bonchev–Trinajstić information content (AvgIpc) is 2.38. The van der Waals surface area contributed by atoms with Crippen LogP contribution < -0.4 is 10.2 Å². The fourth-order valence-corrected chi connectivity index (χ4v) is 3.09. The Balaban J connectivity index is 2.05. The molecule has 0 unspecified atom stereocenters. The van der Waals surface area contributed by atoms with E-state index in [2.05, 4.69) is 20.1 Å². The van der Waals surface area contributed by atoms with Gasteiger partial charge in [0.05, 0.1) is 15.6 Å². The van der Waals surface area contributed by atoms with Gasteiger partial charge in [-0.25, -0.2) is 4.98 Å². The van der Waals surface area contributed by atoms with Crippen molar-refractivity contribution in [3.05, 3.63) is 16.1 Å². The molecule has 0 spiro atoms. The molecule has 0 atom stereocenters. The molecule has 0 aliphatic carbocycles. The van der Waals surface area contributed by atoms with Crippen LogP contribution in [0.5, 0.6) is 0 Å². The number of halogens is 2. The van der Waals surface area contributed by atoms with Crippen LogP contribution in [0.3, 0.4) is 0 Å². The Morgan fingerprint density at radius 1 is 1.24 bits per heavy atom. The van der Waals surface area contributed by atoms with E-state index in [0.717, 1.165) is 32.0 Å². The van der Waals surface area contributed by atoms with E-state index in [9.17, 15) is 5.11 Å². The number of pyridine rings is 1. The van der Waals surface area contributed by atoms with Crippen LogP contribution in [0.4, 0.5) is 11.6 Å². The third-order valence-corrected chi connectivity index (χ3v) is 4.00. The molecular weight excluding hydrogens is 311 g/mol. The van der Waals surface area contributed by atoms with E-state index in [1.807, 2.05) is 13.8 Å². The van der Waals surface area contributed by atoms with Gasteiger partial charge in [0.1, 0.15) is 11.6 Å². The van der Waals surface area contributed by atoms with Gasteiger partial charge in [0.2, 0.25) is 0 Å². The quantitative estimate of drug-likeness (QED) is 0.886. The third kappa shape index (κ3) is 4.36. The van der Waals surface area contributed by atoms with Crippen molar-refractivity contribution in [2.75, 3.05) is 50.0 Å². The number of hydrogen-bond donors (Lipinski definition) is 2. The van der Waals surface area contributed by atoms with Crippen molar-refractivity contribution >= 4 is 34.8 Å². The molecular formula is C14H22Cl2N4O. The van der Waals surface area contributed by atoms with E-state index in [0.29, 0.717) is 22.4 Å². The summed E-state index contributed by atoms with van der Waals surface area (Å²) in [6.07, 6.45) is 0. The normalized spacial score (nSPS) is 17.1. The molecule has 1 fully saturated rings. The first kappa shape index (κ1) is 16.6. The Morgan fingerprint density at radius 3 is 2.38 bits per heavy atom. The largest absolute Gasteiger partial charge is 0.389 e. The smallest absolute Gasteiger partial charge is 0.150 e. The van der Waals surface area contributed by atoms with Crippen LogP contribution in [0.25, 0.3) is 0 Å². The van der Waals surface area contributed by atoms with E-state index in [1.54, 1.807) is 13.1 Å². The summed E-state index contributed by atoms with van der Waals surface area (Å²) in [5.41, 5.74) is -0.669. The van der Waals surface area contributed by atoms with E-state index in [4.69, 9.17) is 23.2 Å². The van der Waals surface area contributed by atoms with Crippen LogP contribution in [0, 0.1) is 0 Å². The molecule has 2 rings (SSSR count). The lowest BCUT2D eigenvalue weighted by Crippen LogP contribution is -2.50. The summed E-state index contributed by atoms with van der Waals surface area (Å²) in [7, 11) is 1.78. The van der Waals surface area contributed by atoms with Crippen molar-refractivity contribution in [2.45, 2.75) is 19.4 Å². The Bertz CT molecular complexity index is 496. The monoisotopic (exact) mass is 332 g/mol. The SMILES string of the molecule is CNc1nc(N2CCN(CC(C)(C)O)CC2)c(Cl)cc1Cl. The van der Waals surface area contributed by atoms with Gasteiger partial charge in [-0.1, -0.05) is 23.2 Å². The van der Waals surface area contributed by atoms with Crippen molar-refractivity contribution in [1.29, 1.82) is 0 Å². The molecule has 2 N–H and O–H groups in total. The minimum atomic E-state index is -0.669. The number of aromatic nitrogens is 1. The average molecular weight is 333 g/mol. The maximum atomic E-state index is 9.88. The fraction of sp³-hybridized carbons (Fsp3) is 0.643. The number of nitrogens with one attached hydrogen (secondary N) is 1. The Labute approximate surface area is 135 Å². The number of rotatable bonds is 4. The van der Waals surface area contributed by atoms with Gasteiger partial charge in [0, 0.05) is 39.8 Å². The lowest BCUT2D eigenvalue weighted by molar-refractivity contribution is 0.0344. The van der Waals surface area contributed by atoms with Gasteiger partial charge in [0.25, 0.3) is 0 Å². The van der Waals surface area contributed by atoms with Gasteiger partial charge in [-0.3, -0.25) is 4.90 Å². The maximum Gasteiger partial charge on any atom is 0.150 e. The molecule has 7 heteroatoms. The summed E-state index contributed by atoms with van der Waals surface area (Å²) >= 11 is 12.3. The fourth-order valence-electron chi connectivity index (χ4n) is 2.52. The molecule has 1 aliphatic rings. The maximum absolute atomic E-state index is 9.88. The zero-order valence-corrected chi connectivity index (χ0v) is 14.2. The Morgan fingerprint density at radius 2 is 1.86 bits per heavy atom. The predicted molar refractivity (Wildman–Crippen MR) is 88.8 cm³/mol. The summed E-state index contributed by atoms with van der Waals surface area (Å²) in [6.45, 7) is 7.73. The standard InChI is InChI=1S/C14H22Cl2N4O/c1-14(2,21)9-19-4-6-20(7-5-19)13-11(16)8-10(15)12(17-3)18-13/h8,21H,4-7,9H2,1-3H3,(H,17,18). The molecule has 0 radical (unpaired) electrons. The summed E-state index contributed by atoms with van der Waals surface area (Å²) in [6, 6.07) is 1.72. The summed E-state index contributed by atoms with van der Waals surface area (Å²) < 4.78 is 0. The number of piperazine rings is 1.